The van der Waals surface area contributed by atoms with Crippen molar-refractivity contribution in [3.63, 3.8) is 0 Å². The van der Waals surface area contributed by atoms with Crippen molar-refractivity contribution in [2.24, 2.45) is 0 Å². The van der Waals surface area contributed by atoms with Gasteiger partial charge in [-0.25, -0.2) is 9.48 Å². The average Bonchev–Trinajstić information content (AvgIpc) is 3.05. The van der Waals surface area contributed by atoms with Crippen LogP contribution in [0.2, 0.25) is 5.02 Å². The van der Waals surface area contributed by atoms with E-state index in [1.54, 1.807) is 41.3 Å². The molecule has 0 aliphatic rings. The van der Waals surface area contributed by atoms with Gasteiger partial charge in [0.25, 0.3) is 0 Å². The molecule has 0 saturated carbocycles. The average molecular weight is 519 g/mol. The third-order valence-corrected chi connectivity index (χ3v) is 4.89. The molecule has 1 aromatic heterocycles. The summed E-state index contributed by atoms with van der Waals surface area (Å²) in [4.78, 5) is 11.6. The van der Waals surface area contributed by atoms with Gasteiger partial charge in [-0.3, -0.25) is 0 Å². The Morgan fingerprint density at radius 2 is 2.08 bits per heavy atom. The Bertz CT molecular complexity index is 916. The molecule has 0 fully saturated rings. The third-order valence-electron chi connectivity index (χ3n) is 3.27. The number of aromatic nitrogens is 2. The Hall–Kier alpha value is -1.58. The Kier molecular flexibility index (Phi) is 5.12. The molecule has 0 atom stereocenters. The van der Waals surface area contributed by atoms with Gasteiger partial charge in [0.15, 0.2) is 0 Å². The van der Waals surface area contributed by atoms with Crippen LogP contribution in [-0.4, -0.2) is 20.9 Å². The summed E-state index contributed by atoms with van der Waals surface area (Å²) < 4.78 is 3.27. The second-order valence-corrected chi connectivity index (χ2v) is 7.36. The van der Waals surface area contributed by atoms with Gasteiger partial charge < -0.3 is 10.4 Å². The highest BCUT2D eigenvalue weighted by molar-refractivity contribution is 14.1. The van der Waals surface area contributed by atoms with Crippen molar-refractivity contribution in [1.82, 2.24) is 9.78 Å². The first-order valence-corrected chi connectivity index (χ1v) is 8.99. The Morgan fingerprint density at radius 3 is 2.71 bits per heavy atom. The SMILES string of the molecule is O=C(O)c1cc(Br)c(-n2cccn2)cc1Nc1ccc(I)cc1Cl. The van der Waals surface area contributed by atoms with Crippen molar-refractivity contribution in [2.75, 3.05) is 5.32 Å². The molecule has 0 aliphatic heterocycles. The Morgan fingerprint density at radius 1 is 1.29 bits per heavy atom. The van der Waals surface area contributed by atoms with E-state index < -0.39 is 5.97 Å². The summed E-state index contributed by atoms with van der Waals surface area (Å²) in [6, 6.07) is 10.6. The number of hydrogen-bond acceptors (Lipinski definition) is 3. The van der Waals surface area contributed by atoms with Crippen LogP contribution in [0.1, 0.15) is 10.4 Å². The highest BCUT2D eigenvalue weighted by Gasteiger charge is 2.16. The zero-order valence-corrected chi connectivity index (χ0v) is 16.5. The van der Waals surface area contributed by atoms with Gasteiger partial charge >= 0.3 is 5.97 Å². The molecule has 24 heavy (non-hydrogen) atoms. The Balaban J connectivity index is 2.10. The summed E-state index contributed by atoms with van der Waals surface area (Å²) in [5.74, 6) is -1.04. The molecule has 0 unspecified atom stereocenters. The number of nitrogens with one attached hydrogen (secondary N) is 1. The van der Waals surface area contributed by atoms with Crippen LogP contribution in [0.3, 0.4) is 0 Å². The molecule has 1 heterocycles. The van der Waals surface area contributed by atoms with Crippen LogP contribution in [0.5, 0.6) is 0 Å². The number of halogens is 3. The van der Waals surface area contributed by atoms with Gasteiger partial charge in [0.1, 0.15) is 0 Å². The molecule has 2 aromatic carbocycles. The quantitative estimate of drug-likeness (QED) is 0.458. The fourth-order valence-electron chi connectivity index (χ4n) is 2.17. The molecule has 0 amide bonds. The molecule has 3 rings (SSSR count). The fraction of sp³-hybridized carbons (Fsp3) is 0. The van der Waals surface area contributed by atoms with Crippen LogP contribution >= 0.6 is 50.1 Å². The Labute approximate surface area is 164 Å². The molecule has 0 radical (unpaired) electrons. The first-order valence-electron chi connectivity index (χ1n) is 6.74. The maximum Gasteiger partial charge on any atom is 0.337 e. The van der Waals surface area contributed by atoms with Gasteiger partial charge in [-0.2, -0.15) is 5.10 Å². The van der Waals surface area contributed by atoms with E-state index in [9.17, 15) is 9.90 Å². The highest BCUT2D eigenvalue weighted by Crippen LogP contribution is 2.33. The van der Waals surface area contributed by atoms with Crippen molar-refractivity contribution >= 4 is 67.5 Å². The summed E-state index contributed by atoms with van der Waals surface area (Å²) in [5, 5.41) is 17.3. The lowest BCUT2D eigenvalue weighted by Gasteiger charge is -2.14. The van der Waals surface area contributed by atoms with E-state index in [-0.39, 0.29) is 5.56 Å². The maximum atomic E-state index is 11.6. The maximum absolute atomic E-state index is 11.6. The van der Waals surface area contributed by atoms with Crippen molar-refractivity contribution < 1.29 is 9.90 Å². The number of rotatable bonds is 4. The van der Waals surface area contributed by atoms with Crippen LogP contribution in [0.4, 0.5) is 11.4 Å². The number of carboxylic acids is 1. The first kappa shape index (κ1) is 17.2. The van der Waals surface area contributed by atoms with E-state index in [1.807, 2.05) is 12.1 Å². The van der Waals surface area contributed by atoms with E-state index in [1.165, 1.54) is 0 Å². The van der Waals surface area contributed by atoms with Gasteiger partial charge in [0.05, 0.1) is 27.6 Å². The normalized spacial score (nSPS) is 10.6. The minimum Gasteiger partial charge on any atom is -0.478 e. The first-order chi connectivity index (χ1) is 11.5. The van der Waals surface area contributed by atoms with Crippen molar-refractivity contribution in [3.8, 4) is 5.69 Å². The summed E-state index contributed by atoms with van der Waals surface area (Å²) in [6.07, 6.45) is 3.43. The molecule has 0 spiro atoms. The predicted octanol–water partition coefficient (Wildman–Crippen LogP) is 5.33. The summed E-state index contributed by atoms with van der Waals surface area (Å²) >= 11 is 11.8. The van der Waals surface area contributed by atoms with E-state index in [2.05, 4.69) is 48.9 Å². The van der Waals surface area contributed by atoms with Gasteiger partial charge in [-0.1, -0.05) is 11.6 Å². The standard InChI is InChI=1S/C16H10BrClIN3O2/c17-11-7-10(16(23)24)14(8-15(11)22-5-1-4-20-22)21-13-3-2-9(19)6-12(13)18/h1-8,21H,(H,23,24). The molecule has 122 valence electrons. The molecule has 3 aromatic rings. The predicted molar refractivity (Wildman–Crippen MR) is 106 cm³/mol. The summed E-state index contributed by atoms with van der Waals surface area (Å²) in [5.41, 5.74) is 1.91. The number of nitrogens with zero attached hydrogens (tertiary/aromatic N) is 2. The minimum absolute atomic E-state index is 0.132. The zero-order chi connectivity index (χ0) is 17.3. The molecular weight excluding hydrogens is 508 g/mol. The number of hydrogen-bond donors (Lipinski definition) is 2. The van der Waals surface area contributed by atoms with Crippen molar-refractivity contribution in [3.05, 3.63) is 67.4 Å². The van der Waals surface area contributed by atoms with Crippen LogP contribution < -0.4 is 5.32 Å². The number of carbonyl (C=O) groups is 1. The second-order valence-electron chi connectivity index (χ2n) is 4.85. The van der Waals surface area contributed by atoms with E-state index in [0.29, 0.717) is 26.6 Å². The monoisotopic (exact) mass is 517 g/mol. The molecule has 0 saturated heterocycles. The summed E-state index contributed by atoms with van der Waals surface area (Å²) in [6.45, 7) is 0. The topological polar surface area (TPSA) is 67.1 Å². The molecule has 2 N–H and O–H groups in total. The van der Waals surface area contributed by atoms with Gasteiger partial charge in [0.2, 0.25) is 0 Å². The fourth-order valence-corrected chi connectivity index (χ4v) is 3.59. The molecule has 0 bridgehead atoms. The molecule has 8 heteroatoms. The summed E-state index contributed by atoms with van der Waals surface area (Å²) in [7, 11) is 0. The number of aromatic carboxylic acids is 1. The number of carboxylic acid groups (broad SMARTS) is 1. The smallest absolute Gasteiger partial charge is 0.337 e. The second kappa shape index (κ2) is 7.12. The lowest BCUT2D eigenvalue weighted by molar-refractivity contribution is 0.0698. The number of benzene rings is 2. The van der Waals surface area contributed by atoms with Crippen molar-refractivity contribution in [2.45, 2.75) is 0 Å². The lowest BCUT2D eigenvalue weighted by atomic mass is 10.1. The molecule has 0 aliphatic carbocycles. The van der Waals surface area contributed by atoms with E-state index in [0.717, 1.165) is 3.57 Å². The zero-order valence-electron chi connectivity index (χ0n) is 12.0. The van der Waals surface area contributed by atoms with Gasteiger partial charge in [0, 0.05) is 20.4 Å². The van der Waals surface area contributed by atoms with Gasteiger partial charge in [-0.15, -0.1) is 0 Å². The van der Waals surface area contributed by atoms with Crippen molar-refractivity contribution in [1.29, 1.82) is 0 Å². The largest absolute Gasteiger partial charge is 0.478 e. The highest BCUT2D eigenvalue weighted by atomic mass is 127. The van der Waals surface area contributed by atoms with E-state index >= 15 is 0 Å². The molecule has 5 nitrogen and oxygen atoms in total. The minimum atomic E-state index is -1.04. The van der Waals surface area contributed by atoms with E-state index in [4.69, 9.17) is 11.6 Å². The van der Waals surface area contributed by atoms with Crippen LogP contribution in [0, 0.1) is 3.57 Å². The van der Waals surface area contributed by atoms with Gasteiger partial charge in [-0.05, 0) is 74.9 Å². The number of anilines is 2. The van der Waals surface area contributed by atoms with Crippen LogP contribution in [0.15, 0.2) is 53.3 Å². The third kappa shape index (κ3) is 3.57. The van der Waals surface area contributed by atoms with Crippen LogP contribution in [-0.2, 0) is 0 Å². The van der Waals surface area contributed by atoms with Crippen LogP contribution in [0.25, 0.3) is 5.69 Å². The molecular formula is C16H10BrClIN3O2. The lowest BCUT2D eigenvalue weighted by Crippen LogP contribution is -2.06.